The summed E-state index contributed by atoms with van der Waals surface area (Å²) in [6, 6.07) is 4.50. The van der Waals surface area contributed by atoms with Crippen LogP contribution in [0, 0.1) is 11.7 Å². The highest BCUT2D eigenvalue weighted by atomic mass is 32.2. The van der Waals surface area contributed by atoms with Crippen LogP contribution in [-0.2, 0) is 9.84 Å². The Morgan fingerprint density at radius 1 is 1.50 bits per heavy atom. The van der Waals surface area contributed by atoms with Gasteiger partial charge in [0, 0.05) is 11.6 Å². The second-order valence-corrected chi connectivity index (χ2v) is 7.48. The quantitative estimate of drug-likeness (QED) is 0.903. The van der Waals surface area contributed by atoms with E-state index in [4.69, 9.17) is 4.74 Å². The molecule has 6 heteroatoms. The van der Waals surface area contributed by atoms with Crippen LogP contribution in [0.5, 0.6) is 5.75 Å². The van der Waals surface area contributed by atoms with E-state index in [1.54, 1.807) is 12.1 Å². The molecule has 0 aromatic heterocycles. The first-order valence-corrected chi connectivity index (χ1v) is 8.51. The molecule has 1 aliphatic heterocycles. The second kappa shape index (κ2) is 6.10. The number of rotatable bonds is 5. The predicted octanol–water partition coefficient (Wildman–Crippen LogP) is 1.92. The second-order valence-electron chi connectivity index (χ2n) is 5.25. The molecular weight excluding hydrogens is 281 g/mol. The number of methoxy groups -OCH3 is 1. The summed E-state index contributed by atoms with van der Waals surface area (Å²) in [5, 5.41) is 3.21. The van der Waals surface area contributed by atoms with Crippen molar-refractivity contribution in [2.45, 2.75) is 19.4 Å². The maximum absolute atomic E-state index is 13.9. The average Bonchev–Trinajstić information content (AvgIpc) is 2.75. The van der Waals surface area contributed by atoms with Crippen LogP contribution in [0.25, 0.3) is 0 Å². The van der Waals surface area contributed by atoms with Crippen molar-refractivity contribution in [3.8, 4) is 5.75 Å². The van der Waals surface area contributed by atoms with E-state index in [1.165, 1.54) is 13.2 Å². The van der Waals surface area contributed by atoms with Crippen molar-refractivity contribution in [1.29, 1.82) is 0 Å². The van der Waals surface area contributed by atoms with Crippen LogP contribution < -0.4 is 10.1 Å². The molecule has 20 heavy (non-hydrogen) atoms. The number of hydrogen-bond donors (Lipinski definition) is 1. The lowest BCUT2D eigenvalue weighted by Gasteiger charge is -2.19. The van der Waals surface area contributed by atoms with Gasteiger partial charge in [-0.25, -0.2) is 12.8 Å². The Kier molecular flexibility index (Phi) is 4.65. The van der Waals surface area contributed by atoms with Gasteiger partial charge < -0.3 is 10.1 Å². The summed E-state index contributed by atoms with van der Waals surface area (Å²) in [5.41, 5.74) is 0.482. The van der Waals surface area contributed by atoms with Crippen LogP contribution in [0.4, 0.5) is 4.39 Å². The predicted molar refractivity (Wildman–Crippen MR) is 76.1 cm³/mol. The molecule has 0 saturated carbocycles. The van der Waals surface area contributed by atoms with Crippen LogP contribution >= 0.6 is 0 Å². The Morgan fingerprint density at radius 2 is 2.25 bits per heavy atom. The van der Waals surface area contributed by atoms with Crippen LogP contribution in [0.2, 0.25) is 0 Å². The van der Waals surface area contributed by atoms with E-state index in [2.05, 4.69) is 5.32 Å². The summed E-state index contributed by atoms with van der Waals surface area (Å²) in [5.74, 6) is 0.783. The van der Waals surface area contributed by atoms with Crippen LogP contribution in [0.15, 0.2) is 18.2 Å². The fourth-order valence-corrected chi connectivity index (χ4v) is 4.46. The molecule has 2 rings (SSSR count). The Morgan fingerprint density at radius 3 is 2.85 bits per heavy atom. The maximum Gasteiger partial charge on any atom is 0.150 e. The number of halogens is 1. The number of nitrogens with one attached hydrogen (secondary N) is 1. The van der Waals surface area contributed by atoms with Gasteiger partial charge in [0.25, 0.3) is 0 Å². The van der Waals surface area contributed by atoms with Gasteiger partial charge in [-0.1, -0.05) is 6.07 Å². The maximum atomic E-state index is 13.9. The normalized spacial score (nSPS) is 22.6. The Bertz CT molecular complexity index is 574. The molecule has 0 aliphatic carbocycles. The molecule has 2 unspecified atom stereocenters. The van der Waals surface area contributed by atoms with Gasteiger partial charge in [-0.3, -0.25) is 0 Å². The van der Waals surface area contributed by atoms with Gasteiger partial charge in [0.1, 0.15) is 11.6 Å². The third-order valence-electron chi connectivity index (χ3n) is 3.71. The van der Waals surface area contributed by atoms with Crippen LogP contribution in [0.1, 0.15) is 24.9 Å². The number of hydrogen-bond acceptors (Lipinski definition) is 4. The molecule has 0 radical (unpaired) electrons. The molecule has 1 fully saturated rings. The fraction of sp³-hybridized carbons (Fsp3) is 0.571. The van der Waals surface area contributed by atoms with E-state index in [0.717, 1.165) is 0 Å². The highest BCUT2D eigenvalue weighted by molar-refractivity contribution is 7.91. The molecule has 4 nitrogen and oxygen atoms in total. The van der Waals surface area contributed by atoms with E-state index in [1.807, 2.05) is 6.92 Å². The molecule has 0 spiro atoms. The zero-order valence-electron chi connectivity index (χ0n) is 11.7. The standard InChI is InChI=1S/C14H20FNO3S/c1-10(14-12(15)4-3-5-13(14)19-2)16-8-11-6-7-20(17,18)9-11/h3-5,10-11,16H,6-9H2,1-2H3. The van der Waals surface area contributed by atoms with E-state index < -0.39 is 9.84 Å². The molecule has 0 amide bonds. The largest absolute Gasteiger partial charge is 0.496 e. The molecule has 1 saturated heterocycles. The van der Waals surface area contributed by atoms with Gasteiger partial charge in [0.15, 0.2) is 9.84 Å². The first-order valence-electron chi connectivity index (χ1n) is 6.69. The van der Waals surface area contributed by atoms with Crippen molar-refractivity contribution in [3.63, 3.8) is 0 Å². The fourth-order valence-electron chi connectivity index (χ4n) is 2.59. The van der Waals surface area contributed by atoms with Crippen molar-refractivity contribution in [2.24, 2.45) is 5.92 Å². The number of benzene rings is 1. The summed E-state index contributed by atoms with van der Waals surface area (Å²) in [7, 11) is -1.36. The van der Waals surface area contributed by atoms with Crippen molar-refractivity contribution in [1.82, 2.24) is 5.32 Å². The van der Waals surface area contributed by atoms with Gasteiger partial charge in [-0.15, -0.1) is 0 Å². The molecule has 1 heterocycles. The van der Waals surface area contributed by atoms with Gasteiger partial charge >= 0.3 is 0 Å². The zero-order chi connectivity index (χ0) is 14.8. The minimum Gasteiger partial charge on any atom is -0.496 e. The summed E-state index contributed by atoms with van der Waals surface area (Å²) < 4.78 is 41.9. The molecule has 1 N–H and O–H groups in total. The van der Waals surface area contributed by atoms with Crippen molar-refractivity contribution in [3.05, 3.63) is 29.6 Å². The molecule has 112 valence electrons. The lowest BCUT2D eigenvalue weighted by atomic mass is 10.0. The third-order valence-corrected chi connectivity index (χ3v) is 5.54. The van der Waals surface area contributed by atoms with E-state index in [0.29, 0.717) is 24.3 Å². The van der Waals surface area contributed by atoms with Crippen LogP contribution in [-0.4, -0.2) is 33.6 Å². The lowest BCUT2D eigenvalue weighted by Crippen LogP contribution is -2.27. The zero-order valence-corrected chi connectivity index (χ0v) is 12.5. The minimum atomic E-state index is -2.87. The molecular formula is C14H20FNO3S. The van der Waals surface area contributed by atoms with Crippen molar-refractivity contribution < 1.29 is 17.5 Å². The Hall–Kier alpha value is -1.14. The van der Waals surface area contributed by atoms with Gasteiger partial charge in [0.2, 0.25) is 0 Å². The Labute approximate surface area is 119 Å². The highest BCUT2D eigenvalue weighted by Crippen LogP contribution is 2.28. The first kappa shape index (κ1) is 15.3. The molecule has 1 aromatic carbocycles. The van der Waals surface area contributed by atoms with Crippen molar-refractivity contribution >= 4 is 9.84 Å². The van der Waals surface area contributed by atoms with Crippen molar-refractivity contribution in [2.75, 3.05) is 25.2 Å². The topological polar surface area (TPSA) is 55.4 Å². The third kappa shape index (κ3) is 3.49. The highest BCUT2D eigenvalue weighted by Gasteiger charge is 2.28. The summed E-state index contributed by atoms with van der Waals surface area (Å²) in [4.78, 5) is 0. The smallest absolute Gasteiger partial charge is 0.150 e. The van der Waals surface area contributed by atoms with Gasteiger partial charge in [-0.2, -0.15) is 0 Å². The molecule has 1 aliphatic rings. The minimum absolute atomic E-state index is 0.111. The average molecular weight is 301 g/mol. The van der Waals surface area contributed by atoms with Crippen LogP contribution in [0.3, 0.4) is 0 Å². The monoisotopic (exact) mass is 301 g/mol. The number of sulfone groups is 1. The molecule has 2 atom stereocenters. The summed E-state index contributed by atoms with van der Waals surface area (Å²) in [6.45, 7) is 2.42. The molecule has 0 bridgehead atoms. The molecule has 1 aromatic rings. The Balaban J connectivity index is 2.01. The lowest BCUT2D eigenvalue weighted by molar-refractivity contribution is 0.388. The van der Waals surface area contributed by atoms with E-state index >= 15 is 0 Å². The van der Waals surface area contributed by atoms with E-state index in [9.17, 15) is 12.8 Å². The number of ether oxygens (including phenoxy) is 1. The first-order chi connectivity index (χ1) is 9.43. The van der Waals surface area contributed by atoms with Gasteiger partial charge in [0.05, 0.1) is 18.6 Å². The summed E-state index contributed by atoms with van der Waals surface area (Å²) in [6.07, 6.45) is 0.677. The summed E-state index contributed by atoms with van der Waals surface area (Å²) >= 11 is 0. The van der Waals surface area contributed by atoms with Gasteiger partial charge in [-0.05, 0) is 37.9 Å². The van der Waals surface area contributed by atoms with E-state index in [-0.39, 0.29) is 29.3 Å². The SMILES string of the molecule is COc1cccc(F)c1C(C)NCC1CCS(=O)(=O)C1.